The molecule has 2 nitrogen and oxygen atoms in total. The molecule has 0 bridgehead atoms. The Balaban J connectivity index is 2.06. The molecule has 1 unspecified atom stereocenters. The molecule has 0 aliphatic heterocycles. The van der Waals surface area contributed by atoms with Gasteiger partial charge in [-0.1, -0.05) is 31.2 Å². The van der Waals surface area contributed by atoms with Gasteiger partial charge < -0.3 is 10.4 Å². The largest absolute Gasteiger partial charge is 0.384 e. The molecule has 0 saturated heterocycles. The fourth-order valence-corrected chi connectivity index (χ4v) is 1.86. The molecule has 1 aromatic rings. The summed E-state index contributed by atoms with van der Waals surface area (Å²) in [7, 11) is 0. The van der Waals surface area contributed by atoms with Gasteiger partial charge in [0.25, 0.3) is 0 Å². The molecule has 2 heteroatoms. The Morgan fingerprint density at radius 3 is 2.81 bits per heavy atom. The molecule has 1 aliphatic carbocycles. The van der Waals surface area contributed by atoms with E-state index in [-0.39, 0.29) is 0 Å². The number of rotatable bonds is 5. The Bertz CT molecular complexity index is 356. The van der Waals surface area contributed by atoms with Crippen LogP contribution in [0.3, 0.4) is 0 Å². The summed E-state index contributed by atoms with van der Waals surface area (Å²) in [6.45, 7) is 4.66. The number of hydrogen-bond acceptors (Lipinski definition) is 2. The van der Waals surface area contributed by atoms with Crippen LogP contribution in [0.25, 0.3) is 0 Å². The van der Waals surface area contributed by atoms with Crippen LogP contribution in [0.15, 0.2) is 24.3 Å². The highest BCUT2D eigenvalue weighted by Crippen LogP contribution is 2.24. The number of hydrogen-bond donors (Lipinski definition) is 2. The number of benzene rings is 1. The molecule has 0 spiro atoms. The highest BCUT2D eigenvalue weighted by Gasteiger charge is 2.27. The summed E-state index contributed by atoms with van der Waals surface area (Å²) in [5.74, 6) is 0. The van der Waals surface area contributed by atoms with Crippen molar-refractivity contribution in [2.24, 2.45) is 0 Å². The normalized spacial score (nSPS) is 19.4. The summed E-state index contributed by atoms with van der Waals surface area (Å²) in [4.78, 5) is 0. The number of nitrogens with one attached hydrogen (secondary N) is 1. The first-order valence-corrected chi connectivity index (χ1v) is 6.17. The van der Waals surface area contributed by atoms with Crippen molar-refractivity contribution in [1.82, 2.24) is 5.32 Å². The third kappa shape index (κ3) is 2.83. The number of aliphatic hydroxyl groups is 1. The van der Waals surface area contributed by atoms with Crippen LogP contribution in [0, 0.1) is 0 Å². The Morgan fingerprint density at radius 2 is 2.19 bits per heavy atom. The van der Waals surface area contributed by atoms with Crippen molar-refractivity contribution in [1.29, 1.82) is 0 Å². The average molecular weight is 219 g/mol. The first-order chi connectivity index (χ1) is 7.62. The molecule has 88 valence electrons. The molecule has 0 amide bonds. The van der Waals surface area contributed by atoms with Gasteiger partial charge in [0.05, 0.1) is 5.60 Å². The minimum atomic E-state index is -0.756. The second-order valence-corrected chi connectivity index (χ2v) is 4.98. The van der Waals surface area contributed by atoms with Crippen molar-refractivity contribution in [3.05, 3.63) is 35.4 Å². The van der Waals surface area contributed by atoms with Crippen LogP contribution in [0.4, 0.5) is 0 Å². The lowest BCUT2D eigenvalue weighted by atomic mass is 9.94. The van der Waals surface area contributed by atoms with E-state index in [9.17, 15) is 5.11 Å². The first kappa shape index (κ1) is 11.6. The second kappa shape index (κ2) is 4.56. The molecule has 0 aromatic heterocycles. The highest BCUT2D eigenvalue weighted by molar-refractivity contribution is 5.28. The monoisotopic (exact) mass is 219 g/mol. The summed E-state index contributed by atoms with van der Waals surface area (Å²) in [6.07, 6.45) is 3.52. The lowest BCUT2D eigenvalue weighted by Gasteiger charge is -2.25. The minimum Gasteiger partial charge on any atom is -0.384 e. The van der Waals surface area contributed by atoms with Gasteiger partial charge in [0, 0.05) is 12.6 Å². The SMILES string of the molecule is CCc1cccc(C(C)(O)CNC2CC2)c1. The zero-order valence-corrected chi connectivity index (χ0v) is 10.2. The van der Waals surface area contributed by atoms with Gasteiger partial charge in [0.15, 0.2) is 0 Å². The maximum absolute atomic E-state index is 10.4. The minimum absolute atomic E-state index is 0.640. The maximum atomic E-state index is 10.4. The van der Waals surface area contributed by atoms with Crippen LogP contribution in [-0.4, -0.2) is 17.7 Å². The fraction of sp³-hybridized carbons (Fsp3) is 0.571. The Kier molecular flexibility index (Phi) is 3.31. The molecule has 2 N–H and O–H groups in total. The summed E-state index contributed by atoms with van der Waals surface area (Å²) >= 11 is 0. The van der Waals surface area contributed by atoms with E-state index in [0.29, 0.717) is 12.6 Å². The van der Waals surface area contributed by atoms with Gasteiger partial charge in [-0.05, 0) is 37.3 Å². The quantitative estimate of drug-likeness (QED) is 0.796. The summed E-state index contributed by atoms with van der Waals surface area (Å²) < 4.78 is 0. The van der Waals surface area contributed by atoms with Crippen molar-refractivity contribution in [3.8, 4) is 0 Å². The van der Waals surface area contributed by atoms with Gasteiger partial charge in [0.2, 0.25) is 0 Å². The second-order valence-electron chi connectivity index (χ2n) is 4.98. The molecule has 16 heavy (non-hydrogen) atoms. The van der Waals surface area contributed by atoms with E-state index >= 15 is 0 Å². The van der Waals surface area contributed by atoms with Crippen LogP contribution >= 0.6 is 0 Å². The zero-order valence-electron chi connectivity index (χ0n) is 10.2. The van der Waals surface area contributed by atoms with E-state index in [0.717, 1.165) is 12.0 Å². The van der Waals surface area contributed by atoms with Gasteiger partial charge in [-0.25, -0.2) is 0 Å². The van der Waals surface area contributed by atoms with E-state index in [4.69, 9.17) is 0 Å². The maximum Gasteiger partial charge on any atom is 0.0992 e. The highest BCUT2D eigenvalue weighted by atomic mass is 16.3. The summed E-state index contributed by atoms with van der Waals surface area (Å²) in [5.41, 5.74) is 1.54. The van der Waals surface area contributed by atoms with E-state index in [2.05, 4.69) is 24.4 Å². The van der Waals surface area contributed by atoms with Crippen LogP contribution in [-0.2, 0) is 12.0 Å². The first-order valence-electron chi connectivity index (χ1n) is 6.17. The fourth-order valence-electron chi connectivity index (χ4n) is 1.86. The van der Waals surface area contributed by atoms with E-state index in [1.807, 2.05) is 19.1 Å². The molecule has 1 aromatic carbocycles. The van der Waals surface area contributed by atoms with Gasteiger partial charge in [-0.3, -0.25) is 0 Å². The lowest BCUT2D eigenvalue weighted by Crippen LogP contribution is -2.36. The van der Waals surface area contributed by atoms with E-state index < -0.39 is 5.60 Å². The molecular weight excluding hydrogens is 198 g/mol. The summed E-state index contributed by atoms with van der Waals surface area (Å²) in [5, 5.41) is 13.8. The molecule has 1 fully saturated rings. The van der Waals surface area contributed by atoms with Crippen LogP contribution < -0.4 is 5.32 Å². The zero-order chi connectivity index (χ0) is 11.6. The van der Waals surface area contributed by atoms with Crippen molar-refractivity contribution in [3.63, 3.8) is 0 Å². The van der Waals surface area contributed by atoms with Gasteiger partial charge in [-0.2, -0.15) is 0 Å². The third-order valence-corrected chi connectivity index (χ3v) is 3.27. The van der Waals surface area contributed by atoms with Gasteiger partial charge in [0.1, 0.15) is 0 Å². The summed E-state index contributed by atoms with van der Waals surface area (Å²) in [6, 6.07) is 8.89. The Morgan fingerprint density at radius 1 is 1.44 bits per heavy atom. The average Bonchev–Trinajstić information content (AvgIpc) is 3.10. The molecule has 0 heterocycles. The predicted molar refractivity (Wildman–Crippen MR) is 66.4 cm³/mol. The molecule has 1 atom stereocenters. The molecule has 1 saturated carbocycles. The van der Waals surface area contributed by atoms with Crippen LogP contribution in [0.2, 0.25) is 0 Å². The van der Waals surface area contributed by atoms with Gasteiger partial charge >= 0.3 is 0 Å². The van der Waals surface area contributed by atoms with Crippen molar-refractivity contribution >= 4 is 0 Å². The van der Waals surface area contributed by atoms with Crippen molar-refractivity contribution in [2.45, 2.75) is 44.8 Å². The number of aryl methyl sites for hydroxylation is 1. The third-order valence-electron chi connectivity index (χ3n) is 3.27. The van der Waals surface area contributed by atoms with Crippen LogP contribution in [0.1, 0.15) is 37.8 Å². The van der Waals surface area contributed by atoms with Crippen LogP contribution in [0.5, 0.6) is 0 Å². The van der Waals surface area contributed by atoms with Gasteiger partial charge in [-0.15, -0.1) is 0 Å². The smallest absolute Gasteiger partial charge is 0.0992 e. The van der Waals surface area contributed by atoms with E-state index in [1.54, 1.807) is 0 Å². The van der Waals surface area contributed by atoms with Crippen molar-refractivity contribution < 1.29 is 5.11 Å². The topological polar surface area (TPSA) is 32.3 Å². The molecule has 2 rings (SSSR count). The van der Waals surface area contributed by atoms with Crippen molar-refractivity contribution in [2.75, 3.05) is 6.54 Å². The van der Waals surface area contributed by atoms with E-state index in [1.165, 1.54) is 18.4 Å². The molecular formula is C14H21NO. The standard InChI is InChI=1S/C14H21NO/c1-3-11-5-4-6-12(9-11)14(2,16)10-15-13-7-8-13/h4-6,9,13,15-16H,3,7-8,10H2,1-2H3. The Labute approximate surface area is 97.7 Å². The lowest BCUT2D eigenvalue weighted by molar-refractivity contribution is 0.0565. The predicted octanol–water partition coefficient (Wildman–Crippen LogP) is 2.21. The molecule has 1 aliphatic rings. The molecule has 0 radical (unpaired) electrons. The Hall–Kier alpha value is -0.860.